The Kier molecular flexibility index (Phi) is 7.38. The Balaban J connectivity index is 2.24. The predicted molar refractivity (Wildman–Crippen MR) is 114 cm³/mol. The highest BCUT2D eigenvalue weighted by Gasteiger charge is 2.24. The molecule has 10 heteroatoms. The number of nitrogens with one attached hydrogen (secondary N) is 1. The van der Waals surface area contributed by atoms with Crippen molar-refractivity contribution in [1.29, 1.82) is 0 Å². The van der Waals surface area contributed by atoms with E-state index in [2.05, 4.69) is 5.32 Å². The number of nitro benzene ring substituents is 1. The number of anilines is 1. The summed E-state index contributed by atoms with van der Waals surface area (Å²) < 4.78 is 30.6. The maximum absolute atomic E-state index is 12.7. The highest BCUT2D eigenvalue weighted by molar-refractivity contribution is 7.92. The van der Waals surface area contributed by atoms with Crippen LogP contribution >= 0.6 is 0 Å². The minimum atomic E-state index is -3.84. The van der Waals surface area contributed by atoms with E-state index in [1.54, 1.807) is 7.11 Å². The highest BCUT2D eigenvalue weighted by Crippen LogP contribution is 2.25. The van der Waals surface area contributed by atoms with Gasteiger partial charge in [-0.2, -0.15) is 0 Å². The Morgan fingerprint density at radius 2 is 1.97 bits per heavy atom. The van der Waals surface area contributed by atoms with E-state index in [9.17, 15) is 23.3 Å². The first-order valence-corrected chi connectivity index (χ1v) is 11.1. The Morgan fingerprint density at radius 3 is 2.50 bits per heavy atom. The van der Waals surface area contributed by atoms with Gasteiger partial charge in [-0.15, -0.1) is 0 Å². The Bertz CT molecular complexity index is 1040. The number of carbonyl (C=O) groups is 1. The van der Waals surface area contributed by atoms with Gasteiger partial charge in [-0.05, 0) is 36.6 Å². The van der Waals surface area contributed by atoms with Gasteiger partial charge in [0.2, 0.25) is 15.9 Å². The molecule has 1 unspecified atom stereocenters. The van der Waals surface area contributed by atoms with Crippen LogP contribution in [0.25, 0.3) is 0 Å². The number of rotatable bonds is 9. The van der Waals surface area contributed by atoms with Crippen molar-refractivity contribution in [3.8, 4) is 5.75 Å². The van der Waals surface area contributed by atoms with Crippen LogP contribution in [0.5, 0.6) is 5.75 Å². The smallest absolute Gasteiger partial charge is 0.271 e. The Labute approximate surface area is 175 Å². The molecule has 2 aromatic carbocycles. The van der Waals surface area contributed by atoms with E-state index in [0.717, 1.165) is 33.5 Å². The van der Waals surface area contributed by atoms with E-state index < -0.39 is 27.4 Å². The van der Waals surface area contributed by atoms with Crippen molar-refractivity contribution in [1.82, 2.24) is 5.32 Å². The van der Waals surface area contributed by atoms with E-state index in [0.29, 0.717) is 6.42 Å². The zero-order valence-electron chi connectivity index (χ0n) is 17.3. The van der Waals surface area contributed by atoms with Crippen LogP contribution < -0.4 is 14.4 Å². The molecule has 0 radical (unpaired) electrons. The molecule has 1 N–H and O–H groups in total. The molecule has 0 aliphatic heterocycles. The fourth-order valence-electron chi connectivity index (χ4n) is 3.07. The SMILES string of the molecule is CCC(NC(=O)CN(c1cccc([N+](=O)[O-])c1)S(C)(=O)=O)c1ccc(OC)c(C)c1. The summed E-state index contributed by atoms with van der Waals surface area (Å²) in [6, 6.07) is 10.4. The number of non-ortho nitro benzene ring substituents is 1. The number of hydrogen-bond donors (Lipinski definition) is 1. The van der Waals surface area contributed by atoms with Crippen LogP contribution in [0.1, 0.15) is 30.5 Å². The van der Waals surface area contributed by atoms with Gasteiger partial charge in [0.15, 0.2) is 0 Å². The molecule has 0 spiro atoms. The summed E-state index contributed by atoms with van der Waals surface area (Å²) in [5.41, 5.74) is 1.57. The Hall–Kier alpha value is -3.14. The lowest BCUT2D eigenvalue weighted by atomic mass is 10.0. The summed E-state index contributed by atoms with van der Waals surface area (Å²) in [6.07, 6.45) is 1.54. The van der Waals surface area contributed by atoms with Gasteiger partial charge in [0.05, 0.1) is 30.0 Å². The van der Waals surface area contributed by atoms with Crippen LogP contribution in [0.15, 0.2) is 42.5 Å². The lowest BCUT2D eigenvalue weighted by Crippen LogP contribution is -2.41. The zero-order chi connectivity index (χ0) is 22.5. The third-order valence-corrected chi connectivity index (χ3v) is 5.72. The van der Waals surface area contributed by atoms with Gasteiger partial charge >= 0.3 is 0 Å². The average Bonchev–Trinajstić information content (AvgIpc) is 2.69. The summed E-state index contributed by atoms with van der Waals surface area (Å²) in [5.74, 6) is 0.209. The fourth-order valence-corrected chi connectivity index (χ4v) is 3.92. The van der Waals surface area contributed by atoms with E-state index in [1.807, 2.05) is 32.0 Å². The van der Waals surface area contributed by atoms with Crippen molar-refractivity contribution in [2.75, 3.05) is 24.2 Å². The number of benzene rings is 2. The molecule has 0 aliphatic rings. The molecular formula is C20H25N3O6S. The maximum Gasteiger partial charge on any atom is 0.271 e. The van der Waals surface area contributed by atoms with Crippen molar-refractivity contribution in [2.45, 2.75) is 26.3 Å². The molecule has 30 heavy (non-hydrogen) atoms. The first-order valence-electron chi connectivity index (χ1n) is 9.22. The van der Waals surface area contributed by atoms with Gasteiger partial charge < -0.3 is 10.1 Å². The summed E-state index contributed by atoms with van der Waals surface area (Å²) in [6.45, 7) is 3.30. The molecule has 2 rings (SSSR count). The van der Waals surface area contributed by atoms with Gasteiger partial charge in [0, 0.05) is 12.1 Å². The number of methoxy groups -OCH3 is 1. The lowest BCUT2D eigenvalue weighted by Gasteiger charge is -2.24. The van der Waals surface area contributed by atoms with Crippen molar-refractivity contribution < 1.29 is 22.9 Å². The second-order valence-electron chi connectivity index (χ2n) is 6.80. The predicted octanol–water partition coefficient (Wildman–Crippen LogP) is 2.95. The van der Waals surface area contributed by atoms with Gasteiger partial charge in [0.1, 0.15) is 12.3 Å². The number of carbonyl (C=O) groups excluding carboxylic acids is 1. The number of nitrogens with zero attached hydrogens (tertiary/aromatic N) is 2. The third kappa shape index (κ3) is 5.69. The fraction of sp³-hybridized carbons (Fsp3) is 0.350. The van der Waals surface area contributed by atoms with E-state index >= 15 is 0 Å². The van der Waals surface area contributed by atoms with Crippen molar-refractivity contribution in [2.24, 2.45) is 0 Å². The molecular weight excluding hydrogens is 410 g/mol. The molecule has 0 bridgehead atoms. The molecule has 0 aliphatic carbocycles. The molecule has 0 aromatic heterocycles. The van der Waals surface area contributed by atoms with Crippen LogP contribution in [-0.2, 0) is 14.8 Å². The molecule has 1 amide bonds. The van der Waals surface area contributed by atoms with Gasteiger partial charge in [-0.3, -0.25) is 19.2 Å². The number of ether oxygens (including phenoxy) is 1. The summed E-state index contributed by atoms with van der Waals surface area (Å²) in [5, 5.41) is 13.8. The largest absolute Gasteiger partial charge is 0.496 e. The third-order valence-electron chi connectivity index (χ3n) is 4.58. The Morgan fingerprint density at radius 1 is 1.27 bits per heavy atom. The number of hydrogen-bond acceptors (Lipinski definition) is 6. The maximum atomic E-state index is 12.7. The van der Waals surface area contributed by atoms with Crippen LogP contribution in [0.2, 0.25) is 0 Å². The zero-order valence-corrected chi connectivity index (χ0v) is 18.1. The molecule has 1 atom stereocenters. The monoisotopic (exact) mass is 435 g/mol. The first kappa shape index (κ1) is 23.1. The number of aryl methyl sites for hydroxylation is 1. The van der Waals surface area contributed by atoms with Crippen molar-refractivity contribution in [3.63, 3.8) is 0 Å². The summed E-state index contributed by atoms with van der Waals surface area (Å²) in [4.78, 5) is 23.1. The lowest BCUT2D eigenvalue weighted by molar-refractivity contribution is -0.384. The molecule has 2 aromatic rings. The molecule has 0 saturated heterocycles. The van der Waals surface area contributed by atoms with E-state index in [-0.39, 0.29) is 17.4 Å². The number of nitro groups is 1. The summed E-state index contributed by atoms with van der Waals surface area (Å²) in [7, 11) is -2.27. The molecule has 162 valence electrons. The second kappa shape index (κ2) is 9.57. The van der Waals surface area contributed by atoms with E-state index in [1.165, 1.54) is 18.2 Å². The standard InChI is InChI=1S/C20H25N3O6S/c1-5-18(15-9-10-19(29-3)14(2)11-15)21-20(24)13-22(30(4,27)28)16-7-6-8-17(12-16)23(25)26/h6-12,18H,5,13H2,1-4H3,(H,21,24). The molecule has 0 heterocycles. The van der Waals surface area contributed by atoms with Gasteiger partial charge in [0.25, 0.3) is 5.69 Å². The normalized spacial score (nSPS) is 12.1. The van der Waals surface area contributed by atoms with Crippen LogP contribution in [-0.4, -0.2) is 39.2 Å². The molecule has 9 nitrogen and oxygen atoms in total. The first-order chi connectivity index (χ1) is 14.1. The van der Waals surface area contributed by atoms with Crippen molar-refractivity contribution >= 4 is 27.3 Å². The second-order valence-corrected chi connectivity index (χ2v) is 8.71. The van der Waals surface area contributed by atoms with Crippen LogP contribution in [0.3, 0.4) is 0 Å². The topological polar surface area (TPSA) is 119 Å². The minimum Gasteiger partial charge on any atom is -0.496 e. The van der Waals surface area contributed by atoms with Gasteiger partial charge in [-0.25, -0.2) is 8.42 Å². The minimum absolute atomic E-state index is 0.0511. The van der Waals surface area contributed by atoms with Crippen molar-refractivity contribution in [3.05, 3.63) is 63.7 Å². The number of sulfonamides is 1. The molecule has 0 saturated carbocycles. The summed E-state index contributed by atoms with van der Waals surface area (Å²) >= 11 is 0. The highest BCUT2D eigenvalue weighted by atomic mass is 32.2. The quantitative estimate of drug-likeness (QED) is 0.478. The average molecular weight is 436 g/mol. The number of amides is 1. The molecule has 0 fully saturated rings. The van der Waals surface area contributed by atoms with E-state index in [4.69, 9.17) is 4.74 Å². The van der Waals surface area contributed by atoms with Crippen LogP contribution in [0, 0.1) is 17.0 Å². The van der Waals surface area contributed by atoms with Gasteiger partial charge in [-0.1, -0.05) is 25.1 Å². The van der Waals surface area contributed by atoms with Crippen LogP contribution in [0.4, 0.5) is 11.4 Å².